The van der Waals surface area contributed by atoms with Gasteiger partial charge in [0, 0.05) is 6.07 Å². The van der Waals surface area contributed by atoms with Crippen molar-refractivity contribution >= 4 is 40.7 Å². The SMILES string of the molecule is COc1ccccc1N1C(=O)/C(=C\c2ccccc2[N+](=O)[O-])NC1=S. The van der Waals surface area contributed by atoms with E-state index in [1.807, 2.05) is 0 Å². The zero-order valence-electron chi connectivity index (χ0n) is 13.1. The molecule has 1 aliphatic heterocycles. The standard InChI is InChI=1S/C17H13N3O4S/c1-24-15-9-5-4-8-14(15)19-16(21)12(18-17(19)25)10-11-6-2-3-7-13(11)20(22)23/h2-10H,1H3,(H,18,25)/b12-10+. The first kappa shape index (κ1) is 16.6. The molecule has 0 spiro atoms. The fraction of sp³-hybridized carbons (Fsp3) is 0.0588. The van der Waals surface area contributed by atoms with E-state index in [2.05, 4.69) is 5.32 Å². The molecule has 0 aliphatic carbocycles. The predicted molar refractivity (Wildman–Crippen MR) is 97.3 cm³/mol. The number of nitrogens with zero attached hydrogens (tertiary/aromatic N) is 2. The molecule has 126 valence electrons. The van der Waals surface area contributed by atoms with Crippen molar-refractivity contribution in [2.24, 2.45) is 0 Å². The summed E-state index contributed by atoms with van der Waals surface area (Å²) in [5.41, 5.74) is 0.878. The lowest BCUT2D eigenvalue weighted by Crippen LogP contribution is -2.30. The largest absolute Gasteiger partial charge is 0.495 e. The van der Waals surface area contributed by atoms with Crippen LogP contribution in [0.5, 0.6) is 5.75 Å². The van der Waals surface area contributed by atoms with Crippen molar-refractivity contribution in [3.8, 4) is 5.75 Å². The Hall–Kier alpha value is -3.26. The lowest BCUT2D eigenvalue weighted by atomic mass is 10.1. The van der Waals surface area contributed by atoms with Crippen LogP contribution in [0.25, 0.3) is 6.08 Å². The molecule has 0 radical (unpaired) electrons. The Morgan fingerprint density at radius 1 is 1.20 bits per heavy atom. The molecule has 8 heteroatoms. The summed E-state index contributed by atoms with van der Waals surface area (Å²) in [6, 6.07) is 13.1. The Labute approximate surface area is 148 Å². The summed E-state index contributed by atoms with van der Waals surface area (Å²) < 4.78 is 5.27. The van der Waals surface area contributed by atoms with Crippen LogP contribution in [-0.2, 0) is 4.79 Å². The van der Waals surface area contributed by atoms with Gasteiger partial charge >= 0.3 is 0 Å². The zero-order chi connectivity index (χ0) is 18.0. The number of anilines is 1. The molecule has 0 atom stereocenters. The van der Waals surface area contributed by atoms with E-state index >= 15 is 0 Å². The first-order valence-corrected chi connectivity index (χ1v) is 7.67. The molecule has 0 aromatic heterocycles. The Morgan fingerprint density at radius 2 is 1.88 bits per heavy atom. The fourth-order valence-corrected chi connectivity index (χ4v) is 2.79. The van der Waals surface area contributed by atoms with Crippen LogP contribution < -0.4 is 15.0 Å². The number of benzene rings is 2. The first-order chi connectivity index (χ1) is 12.0. The van der Waals surface area contributed by atoms with Crippen LogP contribution in [-0.4, -0.2) is 23.1 Å². The van der Waals surface area contributed by atoms with Crippen molar-refractivity contribution in [3.05, 3.63) is 69.9 Å². The van der Waals surface area contributed by atoms with Gasteiger partial charge < -0.3 is 10.1 Å². The number of para-hydroxylation sites is 3. The average molecular weight is 355 g/mol. The molecule has 1 amide bonds. The number of nitro benzene ring substituents is 1. The van der Waals surface area contributed by atoms with Crippen molar-refractivity contribution in [2.75, 3.05) is 12.0 Å². The number of thiocarbonyl (C=S) groups is 1. The maximum atomic E-state index is 12.8. The second-order valence-corrected chi connectivity index (χ2v) is 5.50. The van der Waals surface area contributed by atoms with E-state index in [1.165, 1.54) is 24.2 Å². The molecule has 1 aliphatic rings. The quantitative estimate of drug-likeness (QED) is 0.393. The predicted octanol–water partition coefficient (Wildman–Crippen LogP) is 2.87. The van der Waals surface area contributed by atoms with Crippen molar-refractivity contribution in [2.45, 2.75) is 0 Å². The van der Waals surface area contributed by atoms with Gasteiger partial charge in [-0.25, -0.2) is 4.90 Å². The summed E-state index contributed by atoms with van der Waals surface area (Å²) in [5, 5.41) is 14.1. The Morgan fingerprint density at radius 3 is 2.60 bits per heavy atom. The summed E-state index contributed by atoms with van der Waals surface area (Å²) in [5.74, 6) is 0.0830. The fourth-order valence-electron chi connectivity index (χ4n) is 2.50. The number of ether oxygens (including phenoxy) is 1. The minimum atomic E-state index is -0.498. The molecule has 25 heavy (non-hydrogen) atoms. The van der Waals surface area contributed by atoms with Crippen molar-refractivity contribution < 1.29 is 14.5 Å². The number of nitrogens with one attached hydrogen (secondary N) is 1. The van der Waals surface area contributed by atoms with E-state index in [9.17, 15) is 14.9 Å². The van der Waals surface area contributed by atoms with Crippen LogP contribution in [0.4, 0.5) is 11.4 Å². The highest BCUT2D eigenvalue weighted by Crippen LogP contribution is 2.31. The third-order valence-electron chi connectivity index (χ3n) is 3.64. The minimum Gasteiger partial charge on any atom is -0.495 e. The first-order valence-electron chi connectivity index (χ1n) is 7.26. The van der Waals surface area contributed by atoms with Gasteiger partial charge in [-0.05, 0) is 36.5 Å². The molecule has 0 bridgehead atoms. The van der Waals surface area contributed by atoms with Gasteiger partial charge in [-0.1, -0.05) is 24.3 Å². The Balaban J connectivity index is 2.01. The number of carbonyl (C=O) groups is 1. The second kappa shape index (κ2) is 6.70. The number of hydrogen-bond donors (Lipinski definition) is 1. The highest BCUT2D eigenvalue weighted by molar-refractivity contribution is 7.80. The van der Waals surface area contributed by atoms with Gasteiger partial charge in [-0.15, -0.1) is 0 Å². The normalized spacial score (nSPS) is 15.4. The van der Waals surface area contributed by atoms with Crippen LogP contribution in [0.15, 0.2) is 54.2 Å². The molecular formula is C17H13N3O4S. The van der Waals surface area contributed by atoms with E-state index in [0.717, 1.165) is 0 Å². The molecule has 0 unspecified atom stereocenters. The summed E-state index contributed by atoms with van der Waals surface area (Å²) in [7, 11) is 1.50. The lowest BCUT2D eigenvalue weighted by Gasteiger charge is -2.17. The zero-order valence-corrected chi connectivity index (χ0v) is 13.9. The van der Waals surface area contributed by atoms with Crippen LogP contribution in [0.2, 0.25) is 0 Å². The number of rotatable bonds is 4. The van der Waals surface area contributed by atoms with Gasteiger partial charge in [0.05, 0.1) is 23.3 Å². The minimum absolute atomic E-state index is 0.0914. The van der Waals surface area contributed by atoms with E-state index in [4.69, 9.17) is 17.0 Å². The van der Waals surface area contributed by atoms with Crippen LogP contribution in [0, 0.1) is 10.1 Å². The number of hydrogen-bond acceptors (Lipinski definition) is 5. The summed E-state index contributed by atoms with van der Waals surface area (Å²) in [6.07, 6.45) is 1.42. The molecule has 0 saturated carbocycles. The summed E-state index contributed by atoms with van der Waals surface area (Å²) >= 11 is 5.25. The molecular weight excluding hydrogens is 342 g/mol. The molecule has 7 nitrogen and oxygen atoms in total. The van der Waals surface area contributed by atoms with Crippen LogP contribution >= 0.6 is 12.2 Å². The molecule has 1 fully saturated rings. The van der Waals surface area contributed by atoms with Gasteiger partial charge in [-0.2, -0.15) is 0 Å². The van der Waals surface area contributed by atoms with Crippen LogP contribution in [0.1, 0.15) is 5.56 Å². The third-order valence-corrected chi connectivity index (χ3v) is 3.92. The molecule has 1 heterocycles. The second-order valence-electron chi connectivity index (χ2n) is 5.12. The van der Waals surface area contributed by atoms with Gasteiger partial charge in [-0.3, -0.25) is 14.9 Å². The Kier molecular flexibility index (Phi) is 4.44. The smallest absolute Gasteiger partial charge is 0.281 e. The lowest BCUT2D eigenvalue weighted by molar-refractivity contribution is -0.385. The van der Waals surface area contributed by atoms with Crippen molar-refractivity contribution in [1.29, 1.82) is 0 Å². The summed E-state index contributed by atoms with van der Waals surface area (Å²) in [6.45, 7) is 0. The maximum Gasteiger partial charge on any atom is 0.281 e. The number of nitro groups is 1. The molecule has 2 aromatic rings. The average Bonchev–Trinajstić information content (AvgIpc) is 2.88. The highest BCUT2D eigenvalue weighted by Gasteiger charge is 2.34. The number of carbonyl (C=O) groups excluding carboxylic acids is 1. The van der Waals surface area contributed by atoms with E-state index in [1.54, 1.807) is 42.5 Å². The molecule has 1 saturated heterocycles. The Bertz CT molecular complexity index is 910. The van der Waals surface area contributed by atoms with Gasteiger partial charge in [0.2, 0.25) is 0 Å². The van der Waals surface area contributed by atoms with E-state index < -0.39 is 10.8 Å². The third kappa shape index (κ3) is 3.07. The van der Waals surface area contributed by atoms with Gasteiger partial charge in [0.15, 0.2) is 5.11 Å². The molecule has 2 aromatic carbocycles. The van der Waals surface area contributed by atoms with Crippen LogP contribution in [0.3, 0.4) is 0 Å². The molecule has 1 N–H and O–H groups in total. The molecule has 3 rings (SSSR count). The number of amides is 1. The van der Waals surface area contributed by atoms with Gasteiger partial charge in [0.1, 0.15) is 11.4 Å². The van der Waals surface area contributed by atoms with Crippen molar-refractivity contribution in [3.63, 3.8) is 0 Å². The maximum absolute atomic E-state index is 12.8. The van der Waals surface area contributed by atoms with Crippen molar-refractivity contribution in [1.82, 2.24) is 5.32 Å². The van der Waals surface area contributed by atoms with E-state index in [-0.39, 0.29) is 16.5 Å². The topological polar surface area (TPSA) is 84.7 Å². The number of methoxy groups -OCH3 is 1. The highest BCUT2D eigenvalue weighted by atomic mass is 32.1. The van der Waals surface area contributed by atoms with Gasteiger partial charge in [0.25, 0.3) is 11.6 Å². The van der Waals surface area contributed by atoms with E-state index in [0.29, 0.717) is 17.0 Å². The summed E-state index contributed by atoms with van der Waals surface area (Å²) in [4.78, 5) is 24.7. The monoisotopic (exact) mass is 355 g/mol.